The fraction of sp³-hybridized carbons (Fsp3) is 0.900. The third-order valence-corrected chi connectivity index (χ3v) is 5.90. The minimum Gasteiger partial charge on any atom is -0.328 e. The van der Waals surface area contributed by atoms with E-state index < -0.39 is 12.5 Å². The van der Waals surface area contributed by atoms with Crippen molar-refractivity contribution in [3.05, 3.63) is 11.6 Å². The SMILES string of the molecule is CCCC(N)CCCC1CC=C(C2CCC(OC(F)(F)F)CC2)CC1. The molecule has 2 atom stereocenters. The van der Waals surface area contributed by atoms with Crippen LogP contribution < -0.4 is 5.73 Å². The van der Waals surface area contributed by atoms with Crippen molar-refractivity contribution in [1.29, 1.82) is 0 Å². The fourth-order valence-electron chi connectivity index (χ4n) is 4.47. The number of ether oxygens (including phenoxy) is 1. The number of hydrogen-bond acceptors (Lipinski definition) is 2. The zero-order valence-electron chi connectivity index (χ0n) is 15.5. The van der Waals surface area contributed by atoms with Crippen molar-refractivity contribution in [3.63, 3.8) is 0 Å². The van der Waals surface area contributed by atoms with Crippen molar-refractivity contribution in [3.8, 4) is 0 Å². The smallest absolute Gasteiger partial charge is 0.328 e. The van der Waals surface area contributed by atoms with Gasteiger partial charge >= 0.3 is 6.36 Å². The quantitative estimate of drug-likeness (QED) is 0.530. The van der Waals surface area contributed by atoms with Crippen molar-refractivity contribution in [2.45, 2.75) is 102 Å². The highest BCUT2D eigenvalue weighted by molar-refractivity contribution is 5.11. The molecule has 2 aliphatic carbocycles. The second-order valence-corrected chi connectivity index (χ2v) is 7.94. The Balaban J connectivity index is 1.66. The lowest BCUT2D eigenvalue weighted by Gasteiger charge is -2.33. The number of alkyl halides is 3. The van der Waals surface area contributed by atoms with Crippen LogP contribution in [0, 0.1) is 11.8 Å². The summed E-state index contributed by atoms with van der Waals surface area (Å²) in [6.07, 6.45) is 9.36. The van der Waals surface area contributed by atoms with Gasteiger partial charge in [-0.1, -0.05) is 37.8 Å². The van der Waals surface area contributed by atoms with Crippen LogP contribution in [0.15, 0.2) is 11.6 Å². The molecule has 0 bridgehead atoms. The van der Waals surface area contributed by atoms with Gasteiger partial charge in [0.25, 0.3) is 0 Å². The van der Waals surface area contributed by atoms with E-state index in [1.165, 1.54) is 24.8 Å². The third kappa shape index (κ3) is 7.69. The standard InChI is InChI=1S/C20H34F3NO/c1-2-4-18(24)6-3-5-15-7-9-16(10-8-15)17-11-13-19(14-12-17)25-20(21,22)23/h9,15,17-19H,2-8,10-14,24H2,1H3. The van der Waals surface area contributed by atoms with Crippen LogP contribution in [0.2, 0.25) is 0 Å². The third-order valence-electron chi connectivity index (χ3n) is 5.90. The first kappa shape index (κ1) is 20.8. The molecular weight excluding hydrogens is 327 g/mol. The molecule has 1 saturated carbocycles. The maximum atomic E-state index is 12.3. The Morgan fingerprint density at radius 1 is 1.16 bits per heavy atom. The Hall–Kier alpha value is -0.550. The summed E-state index contributed by atoms with van der Waals surface area (Å²) in [6, 6.07) is 0.355. The first-order chi connectivity index (χ1) is 11.9. The Kier molecular flexibility index (Phi) is 8.27. The van der Waals surface area contributed by atoms with Gasteiger partial charge in [0.05, 0.1) is 6.10 Å². The van der Waals surface area contributed by atoms with Crippen molar-refractivity contribution in [1.82, 2.24) is 0 Å². The largest absolute Gasteiger partial charge is 0.522 e. The second kappa shape index (κ2) is 9.96. The molecule has 0 aromatic rings. The van der Waals surface area contributed by atoms with Gasteiger partial charge in [0.1, 0.15) is 0 Å². The van der Waals surface area contributed by atoms with Crippen LogP contribution in [0.1, 0.15) is 84.0 Å². The molecule has 1 fully saturated rings. The highest BCUT2D eigenvalue weighted by Gasteiger charge is 2.36. The van der Waals surface area contributed by atoms with E-state index in [4.69, 9.17) is 5.73 Å². The second-order valence-electron chi connectivity index (χ2n) is 7.94. The van der Waals surface area contributed by atoms with Gasteiger partial charge in [-0.2, -0.15) is 0 Å². The molecule has 0 amide bonds. The Morgan fingerprint density at radius 3 is 2.44 bits per heavy atom. The highest BCUT2D eigenvalue weighted by Crippen LogP contribution is 2.39. The summed E-state index contributed by atoms with van der Waals surface area (Å²) in [6.45, 7) is 2.18. The number of halogens is 3. The van der Waals surface area contributed by atoms with Crippen molar-refractivity contribution < 1.29 is 17.9 Å². The Bertz CT molecular complexity index is 414. The van der Waals surface area contributed by atoms with Crippen LogP contribution in [-0.4, -0.2) is 18.5 Å². The number of rotatable bonds is 8. The van der Waals surface area contributed by atoms with E-state index in [1.807, 2.05) is 0 Å². The zero-order chi connectivity index (χ0) is 18.3. The molecule has 2 unspecified atom stereocenters. The summed E-state index contributed by atoms with van der Waals surface area (Å²) >= 11 is 0. The van der Waals surface area contributed by atoms with E-state index >= 15 is 0 Å². The molecule has 25 heavy (non-hydrogen) atoms. The van der Waals surface area contributed by atoms with Crippen LogP contribution in [0.3, 0.4) is 0 Å². The maximum absolute atomic E-state index is 12.3. The Morgan fingerprint density at radius 2 is 1.88 bits per heavy atom. The van der Waals surface area contributed by atoms with Gasteiger partial charge in [0, 0.05) is 6.04 Å². The molecule has 2 nitrogen and oxygen atoms in total. The molecule has 0 aliphatic heterocycles. The first-order valence-electron chi connectivity index (χ1n) is 10.1. The van der Waals surface area contributed by atoms with Crippen LogP contribution in [-0.2, 0) is 4.74 Å². The van der Waals surface area contributed by atoms with Gasteiger partial charge in [-0.05, 0) is 69.6 Å². The summed E-state index contributed by atoms with van der Waals surface area (Å²) in [5, 5.41) is 0. The van der Waals surface area contributed by atoms with E-state index in [2.05, 4.69) is 17.7 Å². The van der Waals surface area contributed by atoms with Gasteiger partial charge < -0.3 is 5.73 Å². The van der Waals surface area contributed by atoms with Gasteiger partial charge in [-0.25, -0.2) is 0 Å². The molecule has 2 N–H and O–H groups in total. The number of hydrogen-bond donors (Lipinski definition) is 1. The van der Waals surface area contributed by atoms with E-state index in [-0.39, 0.29) is 0 Å². The predicted molar refractivity (Wildman–Crippen MR) is 95.0 cm³/mol. The predicted octanol–water partition coefficient (Wildman–Crippen LogP) is 6.11. The van der Waals surface area contributed by atoms with E-state index in [0.717, 1.165) is 50.9 Å². The van der Waals surface area contributed by atoms with Crippen LogP contribution >= 0.6 is 0 Å². The van der Waals surface area contributed by atoms with Gasteiger partial charge in [0.15, 0.2) is 0 Å². The first-order valence-corrected chi connectivity index (χ1v) is 10.1. The summed E-state index contributed by atoms with van der Waals surface area (Å²) in [5.74, 6) is 1.24. The molecule has 146 valence electrons. The van der Waals surface area contributed by atoms with E-state index in [9.17, 15) is 13.2 Å². The lowest BCUT2D eigenvalue weighted by molar-refractivity contribution is -0.345. The summed E-state index contributed by atoms with van der Waals surface area (Å²) in [5.41, 5.74) is 7.57. The zero-order valence-corrected chi connectivity index (χ0v) is 15.5. The van der Waals surface area contributed by atoms with Gasteiger partial charge in [-0.3, -0.25) is 4.74 Å². The Labute approximate surface area is 150 Å². The normalized spacial score (nSPS) is 29.3. The number of nitrogens with two attached hydrogens (primary N) is 1. The monoisotopic (exact) mass is 361 g/mol. The highest BCUT2D eigenvalue weighted by atomic mass is 19.4. The molecule has 2 aliphatic rings. The molecular formula is C20H34F3NO. The number of allylic oxidation sites excluding steroid dienone is 2. The summed E-state index contributed by atoms with van der Waals surface area (Å²) < 4.78 is 41.0. The molecule has 0 radical (unpaired) electrons. The maximum Gasteiger partial charge on any atom is 0.522 e. The van der Waals surface area contributed by atoms with E-state index in [0.29, 0.717) is 24.8 Å². The van der Waals surface area contributed by atoms with Crippen LogP contribution in [0.25, 0.3) is 0 Å². The minimum atomic E-state index is -4.49. The minimum absolute atomic E-state index is 0.355. The fourth-order valence-corrected chi connectivity index (χ4v) is 4.47. The molecule has 0 aromatic carbocycles. The molecule has 0 saturated heterocycles. The molecule has 0 spiro atoms. The molecule has 0 heterocycles. The van der Waals surface area contributed by atoms with Gasteiger partial charge in [-0.15, -0.1) is 13.2 Å². The average molecular weight is 361 g/mol. The lowest BCUT2D eigenvalue weighted by Crippen LogP contribution is -2.29. The van der Waals surface area contributed by atoms with Crippen LogP contribution in [0.4, 0.5) is 13.2 Å². The summed E-state index contributed by atoms with van der Waals surface area (Å²) in [7, 11) is 0. The molecule has 2 rings (SSSR count). The topological polar surface area (TPSA) is 35.2 Å². The molecule has 5 heteroatoms. The van der Waals surface area contributed by atoms with Crippen molar-refractivity contribution >= 4 is 0 Å². The van der Waals surface area contributed by atoms with Gasteiger partial charge in [0.2, 0.25) is 0 Å². The molecule has 0 aromatic heterocycles. The average Bonchev–Trinajstić information content (AvgIpc) is 2.55. The van der Waals surface area contributed by atoms with Crippen molar-refractivity contribution in [2.75, 3.05) is 0 Å². The van der Waals surface area contributed by atoms with Crippen molar-refractivity contribution in [2.24, 2.45) is 17.6 Å². The summed E-state index contributed by atoms with van der Waals surface area (Å²) in [4.78, 5) is 0. The van der Waals surface area contributed by atoms with Crippen LogP contribution in [0.5, 0.6) is 0 Å². The van der Waals surface area contributed by atoms with E-state index in [1.54, 1.807) is 0 Å². The lowest BCUT2D eigenvalue weighted by atomic mass is 9.76.